The van der Waals surface area contributed by atoms with E-state index in [0.717, 1.165) is 12.8 Å². The van der Waals surface area contributed by atoms with Crippen LogP contribution in [0.15, 0.2) is 12.1 Å². The Morgan fingerprint density at radius 1 is 1.50 bits per heavy atom. The standard InChI is InChI=1S/C11H10ClFO/c1-6-4-10(13)8(5-9(6)12)11(14)7-2-3-7/h4-5,7H,2-3H2,1H3. The van der Waals surface area contributed by atoms with Gasteiger partial charge in [0.15, 0.2) is 5.78 Å². The van der Waals surface area contributed by atoms with E-state index in [9.17, 15) is 9.18 Å². The van der Waals surface area contributed by atoms with Crippen LogP contribution >= 0.6 is 11.6 Å². The lowest BCUT2D eigenvalue weighted by atomic mass is 10.0. The lowest BCUT2D eigenvalue weighted by Gasteiger charge is -2.04. The SMILES string of the molecule is Cc1cc(F)c(C(=O)C2CC2)cc1Cl. The minimum Gasteiger partial charge on any atom is -0.294 e. The summed E-state index contributed by atoms with van der Waals surface area (Å²) >= 11 is 5.84. The number of hydrogen-bond acceptors (Lipinski definition) is 1. The van der Waals surface area contributed by atoms with Crippen molar-refractivity contribution < 1.29 is 9.18 Å². The van der Waals surface area contributed by atoms with E-state index in [4.69, 9.17) is 11.6 Å². The van der Waals surface area contributed by atoms with Gasteiger partial charge in [0.25, 0.3) is 0 Å². The second-order valence-electron chi connectivity index (χ2n) is 3.72. The molecule has 1 fully saturated rings. The van der Waals surface area contributed by atoms with Crippen molar-refractivity contribution in [3.05, 3.63) is 34.1 Å². The molecule has 2 rings (SSSR count). The Morgan fingerprint density at radius 2 is 2.14 bits per heavy atom. The van der Waals surface area contributed by atoms with Crippen LogP contribution in [0.5, 0.6) is 0 Å². The fraction of sp³-hybridized carbons (Fsp3) is 0.364. The average molecular weight is 213 g/mol. The molecule has 1 saturated carbocycles. The molecule has 1 nitrogen and oxygen atoms in total. The van der Waals surface area contributed by atoms with Crippen molar-refractivity contribution in [1.82, 2.24) is 0 Å². The highest BCUT2D eigenvalue weighted by Crippen LogP contribution is 2.34. The van der Waals surface area contributed by atoms with Gasteiger partial charge in [0, 0.05) is 10.9 Å². The summed E-state index contributed by atoms with van der Waals surface area (Å²) in [6.45, 7) is 1.72. The molecule has 0 spiro atoms. The molecule has 0 bridgehead atoms. The molecule has 0 amide bonds. The topological polar surface area (TPSA) is 17.1 Å². The third-order valence-corrected chi connectivity index (χ3v) is 2.87. The van der Waals surface area contributed by atoms with E-state index < -0.39 is 5.82 Å². The zero-order valence-electron chi connectivity index (χ0n) is 7.81. The summed E-state index contributed by atoms with van der Waals surface area (Å²) in [5, 5.41) is 0.454. The van der Waals surface area contributed by atoms with Gasteiger partial charge in [-0.25, -0.2) is 4.39 Å². The van der Waals surface area contributed by atoms with Gasteiger partial charge in [0.2, 0.25) is 0 Å². The summed E-state index contributed by atoms with van der Waals surface area (Å²) in [7, 11) is 0. The van der Waals surface area contributed by atoms with Gasteiger partial charge in [0.1, 0.15) is 5.82 Å². The van der Waals surface area contributed by atoms with Gasteiger partial charge in [-0.05, 0) is 37.5 Å². The maximum Gasteiger partial charge on any atom is 0.168 e. The lowest BCUT2D eigenvalue weighted by Crippen LogP contribution is -2.04. The van der Waals surface area contributed by atoms with E-state index >= 15 is 0 Å². The Labute approximate surface area is 86.9 Å². The first-order valence-corrected chi connectivity index (χ1v) is 4.97. The molecule has 1 aliphatic rings. The molecule has 1 aromatic carbocycles. The number of benzene rings is 1. The Balaban J connectivity index is 2.41. The van der Waals surface area contributed by atoms with Crippen molar-refractivity contribution in [3.63, 3.8) is 0 Å². The van der Waals surface area contributed by atoms with Crippen LogP contribution in [0.3, 0.4) is 0 Å². The molecular formula is C11H10ClFO. The summed E-state index contributed by atoms with van der Waals surface area (Å²) in [5.41, 5.74) is 0.805. The molecule has 0 radical (unpaired) electrons. The minimum absolute atomic E-state index is 0.0308. The molecule has 0 unspecified atom stereocenters. The molecule has 1 aliphatic carbocycles. The van der Waals surface area contributed by atoms with Crippen molar-refractivity contribution >= 4 is 17.4 Å². The van der Waals surface area contributed by atoms with Crippen LogP contribution in [-0.4, -0.2) is 5.78 Å². The monoisotopic (exact) mass is 212 g/mol. The molecule has 0 heterocycles. The van der Waals surface area contributed by atoms with Gasteiger partial charge in [-0.15, -0.1) is 0 Å². The first-order chi connectivity index (χ1) is 6.59. The van der Waals surface area contributed by atoms with E-state index in [0.29, 0.717) is 10.6 Å². The second kappa shape index (κ2) is 3.35. The van der Waals surface area contributed by atoms with Crippen molar-refractivity contribution in [2.24, 2.45) is 5.92 Å². The summed E-state index contributed by atoms with van der Waals surface area (Å²) in [6.07, 6.45) is 1.76. The molecule has 14 heavy (non-hydrogen) atoms. The molecule has 3 heteroatoms. The van der Waals surface area contributed by atoms with Gasteiger partial charge in [-0.3, -0.25) is 4.79 Å². The zero-order valence-corrected chi connectivity index (χ0v) is 8.57. The van der Waals surface area contributed by atoms with E-state index in [1.165, 1.54) is 12.1 Å². The largest absolute Gasteiger partial charge is 0.294 e. The number of Topliss-reactive ketones (excluding diaryl/α,β-unsaturated/α-hetero) is 1. The normalized spacial score (nSPS) is 15.6. The van der Waals surface area contributed by atoms with Gasteiger partial charge in [-0.2, -0.15) is 0 Å². The molecule has 0 aliphatic heterocycles. The van der Waals surface area contributed by atoms with E-state index in [1.807, 2.05) is 0 Å². The van der Waals surface area contributed by atoms with Crippen LogP contribution in [0.1, 0.15) is 28.8 Å². The third kappa shape index (κ3) is 1.67. The molecule has 1 aromatic rings. The van der Waals surface area contributed by atoms with Crippen LogP contribution in [0.25, 0.3) is 0 Å². The van der Waals surface area contributed by atoms with Crippen molar-refractivity contribution in [1.29, 1.82) is 0 Å². The number of ketones is 1. The fourth-order valence-corrected chi connectivity index (χ4v) is 1.56. The van der Waals surface area contributed by atoms with Gasteiger partial charge in [-0.1, -0.05) is 11.6 Å². The van der Waals surface area contributed by atoms with E-state index in [1.54, 1.807) is 6.92 Å². The first-order valence-electron chi connectivity index (χ1n) is 4.59. The Bertz CT molecular complexity index is 397. The minimum atomic E-state index is -0.455. The summed E-state index contributed by atoms with van der Waals surface area (Å²) in [5.74, 6) is -0.531. The van der Waals surface area contributed by atoms with Crippen LogP contribution in [-0.2, 0) is 0 Å². The number of carbonyl (C=O) groups excluding carboxylic acids is 1. The zero-order chi connectivity index (χ0) is 10.3. The van der Waals surface area contributed by atoms with Gasteiger partial charge < -0.3 is 0 Å². The Hall–Kier alpha value is -0.890. The van der Waals surface area contributed by atoms with Crippen LogP contribution in [0.2, 0.25) is 5.02 Å². The summed E-state index contributed by atoms with van der Waals surface area (Å²) in [6, 6.07) is 2.75. The van der Waals surface area contributed by atoms with Crippen LogP contribution < -0.4 is 0 Å². The lowest BCUT2D eigenvalue weighted by molar-refractivity contribution is 0.0963. The molecular weight excluding hydrogens is 203 g/mol. The second-order valence-corrected chi connectivity index (χ2v) is 4.13. The molecule has 74 valence electrons. The predicted molar refractivity (Wildman–Crippen MR) is 53.2 cm³/mol. The molecule has 0 aromatic heterocycles. The van der Waals surface area contributed by atoms with E-state index in [2.05, 4.69) is 0 Å². The molecule has 0 atom stereocenters. The summed E-state index contributed by atoms with van der Waals surface area (Å²) < 4.78 is 13.4. The maximum absolute atomic E-state index is 13.4. The molecule has 0 N–H and O–H groups in total. The Kier molecular flexibility index (Phi) is 2.31. The summed E-state index contributed by atoms with van der Waals surface area (Å²) in [4.78, 5) is 11.6. The number of rotatable bonds is 2. The number of aryl methyl sites for hydroxylation is 1. The first kappa shape index (κ1) is 9.66. The predicted octanol–water partition coefficient (Wildman–Crippen LogP) is 3.38. The van der Waals surface area contributed by atoms with E-state index in [-0.39, 0.29) is 17.3 Å². The average Bonchev–Trinajstić information content (AvgIpc) is 2.93. The van der Waals surface area contributed by atoms with Crippen molar-refractivity contribution in [2.75, 3.05) is 0 Å². The maximum atomic E-state index is 13.4. The van der Waals surface area contributed by atoms with Crippen molar-refractivity contribution in [3.8, 4) is 0 Å². The highest BCUT2D eigenvalue weighted by Gasteiger charge is 2.32. The van der Waals surface area contributed by atoms with Crippen LogP contribution in [0, 0.1) is 18.7 Å². The highest BCUT2D eigenvalue weighted by molar-refractivity contribution is 6.31. The number of hydrogen-bond donors (Lipinski definition) is 0. The Morgan fingerprint density at radius 3 is 2.71 bits per heavy atom. The van der Waals surface area contributed by atoms with Crippen molar-refractivity contribution in [2.45, 2.75) is 19.8 Å². The highest BCUT2D eigenvalue weighted by atomic mass is 35.5. The third-order valence-electron chi connectivity index (χ3n) is 2.46. The van der Waals surface area contributed by atoms with Gasteiger partial charge in [0.05, 0.1) is 5.56 Å². The smallest absolute Gasteiger partial charge is 0.168 e. The molecule has 0 saturated heterocycles. The quantitative estimate of drug-likeness (QED) is 0.687. The number of carbonyl (C=O) groups is 1. The van der Waals surface area contributed by atoms with Crippen LogP contribution in [0.4, 0.5) is 4.39 Å². The fourth-order valence-electron chi connectivity index (χ4n) is 1.40. The van der Waals surface area contributed by atoms with Gasteiger partial charge >= 0.3 is 0 Å². The number of halogens is 2.